The number of methoxy groups -OCH3 is 1. The number of rotatable bonds is 7. The van der Waals surface area contributed by atoms with E-state index in [0.29, 0.717) is 37.0 Å². The van der Waals surface area contributed by atoms with Crippen LogP contribution in [0.5, 0.6) is 5.75 Å². The van der Waals surface area contributed by atoms with Crippen LogP contribution in [0.25, 0.3) is 0 Å². The first kappa shape index (κ1) is 26.3. The Morgan fingerprint density at radius 2 is 1.84 bits per heavy atom. The van der Waals surface area contributed by atoms with Gasteiger partial charge in [-0.15, -0.1) is 0 Å². The number of nitrogens with zero attached hydrogens (tertiary/aromatic N) is 1. The molecule has 2 aromatic rings. The molecule has 0 N–H and O–H groups in total. The summed E-state index contributed by atoms with van der Waals surface area (Å²) in [6, 6.07) is 17.7. The second-order valence-corrected chi connectivity index (χ2v) is 11.6. The topological polar surface area (TPSA) is 38.8 Å². The van der Waals surface area contributed by atoms with E-state index in [0.717, 1.165) is 43.5 Å². The maximum Gasteiger partial charge on any atom is 0.226 e. The molecule has 0 bridgehead atoms. The average molecular weight is 504 g/mol. The van der Waals surface area contributed by atoms with Crippen molar-refractivity contribution in [3.63, 3.8) is 0 Å². The number of piperidine rings is 1. The molecule has 5 rings (SSSR count). The number of hydrogen-bond acceptors (Lipinski definition) is 3. The highest BCUT2D eigenvalue weighted by molar-refractivity contribution is 5.81. The van der Waals surface area contributed by atoms with E-state index in [2.05, 4.69) is 61.2 Å². The zero-order valence-electron chi connectivity index (χ0n) is 23.1. The molecule has 1 saturated carbocycles. The number of hydrogen-bond donors (Lipinski definition) is 0. The third kappa shape index (κ3) is 4.94. The van der Waals surface area contributed by atoms with Crippen molar-refractivity contribution in [3.05, 3.63) is 65.2 Å². The Balaban J connectivity index is 1.48. The molecule has 2 heterocycles. The Kier molecular flexibility index (Phi) is 8.24. The van der Waals surface area contributed by atoms with Gasteiger partial charge in [0.2, 0.25) is 5.91 Å². The summed E-state index contributed by atoms with van der Waals surface area (Å²) in [5.41, 5.74) is 3.50. The van der Waals surface area contributed by atoms with Crippen LogP contribution in [0.1, 0.15) is 94.2 Å². The molecule has 2 aliphatic heterocycles. The van der Waals surface area contributed by atoms with Crippen LogP contribution in [0.15, 0.2) is 48.5 Å². The quantitative estimate of drug-likeness (QED) is 0.399. The highest BCUT2D eigenvalue weighted by Crippen LogP contribution is 2.47. The summed E-state index contributed by atoms with van der Waals surface area (Å²) < 4.78 is 11.9. The molecule has 1 amide bonds. The van der Waals surface area contributed by atoms with Crippen molar-refractivity contribution in [2.24, 2.45) is 11.8 Å². The number of carbonyl (C=O) groups is 1. The number of fused-ring (bicyclic) bond motifs is 1. The molecule has 2 fully saturated rings. The van der Waals surface area contributed by atoms with E-state index in [4.69, 9.17) is 9.47 Å². The van der Waals surface area contributed by atoms with E-state index in [1.807, 2.05) is 6.07 Å². The maximum atomic E-state index is 14.7. The molecule has 1 saturated heterocycles. The van der Waals surface area contributed by atoms with Crippen LogP contribution >= 0.6 is 0 Å². The normalized spacial score (nSPS) is 27.4. The predicted molar refractivity (Wildman–Crippen MR) is 149 cm³/mol. The van der Waals surface area contributed by atoms with Crippen molar-refractivity contribution in [1.82, 2.24) is 4.90 Å². The van der Waals surface area contributed by atoms with E-state index in [1.54, 1.807) is 7.11 Å². The molecular weight excluding hydrogens is 458 g/mol. The van der Waals surface area contributed by atoms with Crippen molar-refractivity contribution in [2.45, 2.75) is 95.6 Å². The van der Waals surface area contributed by atoms with Gasteiger partial charge in [-0.2, -0.15) is 0 Å². The van der Waals surface area contributed by atoms with Gasteiger partial charge < -0.3 is 14.4 Å². The van der Waals surface area contributed by atoms with Gasteiger partial charge in [0.05, 0.1) is 20.3 Å². The summed E-state index contributed by atoms with van der Waals surface area (Å²) in [5.74, 6) is 2.30. The fourth-order valence-electron chi connectivity index (χ4n) is 7.88. The van der Waals surface area contributed by atoms with Crippen LogP contribution in [-0.4, -0.2) is 37.1 Å². The zero-order chi connectivity index (χ0) is 25.8. The van der Waals surface area contributed by atoms with Crippen LogP contribution in [0.3, 0.4) is 0 Å². The van der Waals surface area contributed by atoms with Gasteiger partial charge in [-0.1, -0.05) is 75.6 Å². The second kappa shape index (κ2) is 11.6. The van der Waals surface area contributed by atoms with Crippen LogP contribution in [0.2, 0.25) is 0 Å². The minimum atomic E-state index is -0.318. The molecule has 4 nitrogen and oxygen atoms in total. The predicted octanol–water partition coefficient (Wildman–Crippen LogP) is 7.25. The first-order chi connectivity index (χ1) is 18.1. The molecule has 4 heteroatoms. The molecule has 0 aromatic heterocycles. The van der Waals surface area contributed by atoms with Gasteiger partial charge >= 0.3 is 0 Å². The largest absolute Gasteiger partial charge is 0.496 e. The minimum Gasteiger partial charge on any atom is -0.496 e. The van der Waals surface area contributed by atoms with Crippen molar-refractivity contribution < 1.29 is 14.3 Å². The standard InChI is InChI=1S/C33H45NO3/c1-4-28(33(5-2)23-37-22-27-29(33)17-12-18-31(27)36-3)32(35)34-20-19-26(24-13-8-6-9-14-24)21-30(34)25-15-10-7-11-16-25/h6,8-9,12-14,17-18,25-26,28,30H,4-5,7,10-11,15-16,19-23H2,1-3H3/t26?,28-,30-,33-/m0/s1. The van der Waals surface area contributed by atoms with Gasteiger partial charge in [0.25, 0.3) is 0 Å². The Bertz CT molecular complexity index is 1050. The summed E-state index contributed by atoms with van der Waals surface area (Å²) in [6.45, 7) is 6.44. The molecule has 2 aromatic carbocycles. The lowest BCUT2D eigenvalue weighted by molar-refractivity contribution is -0.146. The van der Waals surface area contributed by atoms with Crippen molar-refractivity contribution in [2.75, 3.05) is 20.3 Å². The van der Waals surface area contributed by atoms with Crippen molar-refractivity contribution >= 4 is 5.91 Å². The molecule has 0 radical (unpaired) electrons. The fraction of sp³-hybridized carbons (Fsp3) is 0.606. The van der Waals surface area contributed by atoms with Crippen LogP contribution < -0.4 is 4.74 Å². The van der Waals surface area contributed by atoms with E-state index in [9.17, 15) is 4.79 Å². The van der Waals surface area contributed by atoms with E-state index in [-0.39, 0.29) is 11.3 Å². The average Bonchev–Trinajstić information content (AvgIpc) is 2.97. The Morgan fingerprint density at radius 1 is 1.05 bits per heavy atom. The number of ether oxygens (including phenoxy) is 2. The lowest BCUT2D eigenvalue weighted by atomic mass is 9.64. The molecule has 1 unspecified atom stereocenters. The number of benzene rings is 2. The molecule has 37 heavy (non-hydrogen) atoms. The van der Waals surface area contributed by atoms with Gasteiger partial charge in [0.15, 0.2) is 0 Å². The van der Waals surface area contributed by atoms with Gasteiger partial charge in [0.1, 0.15) is 5.75 Å². The summed E-state index contributed by atoms with van der Waals surface area (Å²) in [5, 5.41) is 0. The molecular formula is C33H45NO3. The lowest BCUT2D eigenvalue weighted by Crippen LogP contribution is -2.56. The number of amides is 1. The molecule has 4 atom stereocenters. The minimum absolute atomic E-state index is 0.0944. The van der Waals surface area contributed by atoms with Crippen LogP contribution in [0.4, 0.5) is 0 Å². The maximum absolute atomic E-state index is 14.7. The van der Waals surface area contributed by atoms with E-state index >= 15 is 0 Å². The Labute approximate surface area is 223 Å². The van der Waals surface area contributed by atoms with E-state index in [1.165, 1.54) is 43.2 Å². The van der Waals surface area contributed by atoms with Crippen molar-refractivity contribution in [3.8, 4) is 5.75 Å². The molecule has 0 spiro atoms. The monoisotopic (exact) mass is 503 g/mol. The first-order valence-electron chi connectivity index (χ1n) is 14.7. The third-order valence-corrected chi connectivity index (χ3v) is 9.89. The smallest absolute Gasteiger partial charge is 0.226 e. The first-order valence-corrected chi connectivity index (χ1v) is 14.7. The molecule has 1 aliphatic carbocycles. The highest BCUT2D eigenvalue weighted by Gasteiger charge is 2.49. The van der Waals surface area contributed by atoms with Crippen LogP contribution in [-0.2, 0) is 21.6 Å². The van der Waals surface area contributed by atoms with Gasteiger partial charge in [-0.3, -0.25) is 4.79 Å². The van der Waals surface area contributed by atoms with E-state index < -0.39 is 0 Å². The zero-order valence-corrected chi connectivity index (χ0v) is 23.1. The summed E-state index contributed by atoms with van der Waals surface area (Å²) in [7, 11) is 1.73. The Morgan fingerprint density at radius 3 is 2.54 bits per heavy atom. The highest BCUT2D eigenvalue weighted by atomic mass is 16.5. The van der Waals surface area contributed by atoms with Gasteiger partial charge in [0, 0.05) is 29.5 Å². The second-order valence-electron chi connectivity index (χ2n) is 11.6. The van der Waals surface area contributed by atoms with Gasteiger partial charge in [-0.05, 0) is 67.6 Å². The lowest BCUT2D eigenvalue weighted by Gasteiger charge is -2.49. The van der Waals surface area contributed by atoms with Gasteiger partial charge in [-0.25, -0.2) is 0 Å². The number of likely N-dealkylation sites (tertiary alicyclic amines) is 1. The molecule has 3 aliphatic rings. The Hall–Kier alpha value is -2.33. The SMILES string of the molecule is CC[C@@H](C(=O)N1CCC(c2ccccc2)C[C@H]1C1CCCCC1)[C@]1(CC)COCc2c(OC)cccc21. The van der Waals surface area contributed by atoms with Crippen LogP contribution in [0, 0.1) is 11.8 Å². The summed E-state index contributed by atoms with van der Waals surface area (Å²) in [6.07, 6.45) is 10.3. The molecule has 200 valence electrons. The van der Waals surface area contributed by atoms with Crippen molar-refractivity contribution in [1.29, 1.82) is 0 Å². The summed E-state index contributed by atoms with van der Waals surface area (Å²) in [4.78, 5) is 17.0. The summed E-state index contributed by atoms with van der Waals surface area (Å²) >= 11 is 0. The number of carbonyl (C=O) groups excluding carboxylic acids is 1. The third-order valence-electron chi connectivity index (χ3n) is 9.89. The fourth-order valence-corrected chi connectivity index (χ4v) is 7.88.